The first-order valence-corrected chi connectivity index (χ1v) is 5.37. The molecule has 4 nitrogen and oxygen atoms in total. The van der Waals surface area contributed by atoms with Crippen LogP contribution in [-0.2, 0) is 9.53 Å². The molecule has 0 heterocycles. The second-order valence-corrected chi connectivity index (χ2v) is 3.67. The predicted octanol–water partition coefficient (Wildman–Crippen LogP) is 1.94. The minimum Gasteiger partial charge on any atom is -0.399 e. The Bertz CT molecular complexity index is 364. The minimum absolute atomic E-state index is 0.0945. The van der Waals surface area contributed by atoms with E-state index in [2.05, 4.69) is 5.32 Å². The van der Waals surface area contributed by atoms with Gasteiger partial charge in [0.2, 0.25) is 5.91 Å². The van der Waals surface area contributed by atoms with Crippen molar-refractivity contribution >= 4 is 17.3 Å². The molecule has 0 aromatic heterocycles. The lowest BCUT2D eigenvalue weighted by molar-refractivity contribution is -0.120. The van der Waals surface area contributed by atoms with Crippen LogP contribution in [0.3, 0.4) is 0 Å². The Balaban J connectivity index is 2.46. The summed E-state index contributed by atoms with van der Waals surface area (Å²) >= 11 is 0. The number of hydrogen-bond acceptors (Lipinski definition) is 3. The Hall–Kier alpha value is -1.55. The summed E-state index contributed by atoms with van der Waals surface area (Å²) in [6.07, 6.45) is 0.911. The van der Waals surface area contributed by atoms with Crippen molar-refractivity contribution in [3.63, 3.8) is 0 Å². The first kappa shape index (κ1) is 12.5. The number of nitrogens with one attached hydrogen (secondary N) is 1. The third-order valence-electron chi connectivity index (χ3n) is 2.14. The van der Waals surface area contributed by atoms with E-state index in [-0.39, 0.29) is 12.5 Å². The highest BCUT2D eigenvalue weighted by Crippen LogP contribution is 2.16. The van der Waals surface area contributed by atoms with Crippen LogP contribution in [0.4, 0.5) is 11.4 Å². The monoisotopic (exact) mass is 222 g/mol. The molecule has 0 saturated carbocycles. The molecule has 0 bridgehead atoms. The molecule has 0 aliphatic rings. The first-order chi connectivity index (χ1) is 7.63. The Kier molecular flexibility index (Phi) is 4.79. The summed E-state index contributed by atoms with van der Waals surface area (Å²) in [7, 11) is 0. The van der Waals surface area contributed by atoms with Gasteiger partial charge in [-0.05, 0) is 37.1 Å². The van der Waals surface area contributed by atoms with Crippen LogP contribution in [0, 0.1) is 6.92 Å². The number of rotatable bonds is 5. The third-order valence-corrected chi connectivity index (χ3v) is 2.14. The second kappa shape index (κ2) is 6.12. The number of amides is 1. The van der Waals surface area contributed by atoms with Gasteiger partial charge in [-0.15, -0.1) is 0 Å². The standard InChI is InChI=1S/C12H18N2O2/c1-3-6-16-8-12(15)14-10-4-5-11(13)9(2)7-10/h4-5,7H,3,6,8,13H2,1-2H3,(H,14,15). The zero-order valence-electron chi connectivity index (χ0n) is 9.75. The van der Waals surface area contributed by atoms with E-state index in [0.717, 1.165) is 23.4 Å². The molecule has 0 saturated heterocycles. The molecule has 0 aliphatic carbocycles. The van der Waals surface area contributed by atoms with E-state index in [9.17, 15) is 4.79 Å². The lowest BCUT2D eigenvalue weighted by Gasteiger charge is -2.07. The van der Waals surface area contributed by atoms with Gasteiger partial charge in [0.25, 0.3) is 0 Å². The van der Waals surface area contributed by atoms with Gasteiger partial charge >= 0.3 is 0 Å². The fourth-order valence-corrected chi connectivity index (χ4v) is 1.26. The normalized spacial score (nSPS) is 10.1. The number of anilines is 2. The zero-order valence-corrected chi connectivity index (χ0v) is 9.75. The van der Waals surface area contributed by atoms with Crippen LogP contribution in [0.25, 0.3) is 0 Å². The summed E-state index contributed by atoms with van der Waals surface area (Å²) in [5, 5.41) is 2.75. The molecule has 1 amide bonds. The number of ether oxygens (including phenoxy) is 1. The molecule has 1 aromatic rings. The lowest BCUT2D eigenvalue weighted by Crippen LogP contribution is -2.18. The summed E-state index contributed by atoms with van der Waals surface area (Å²) in [6.45, 7) is 4.60. The number of aryl methyl sites for hydroxylation is 1. The van der Waals surface area contributed by atoms with E-state index in [1.54, 1.807) is 12.1 Å². The van der Waals surface area contributed by atoms with Crippen molar-refractivity contribution in [2.75, 3.05) is 24.3 Å². The van der Waals surface area contributed by atoms with Crippen molar-refractivity contribution in [2.45, 2.75) is 20.3 Å². The van der Waals surface area contributed by atoms with E-state index >= 15 is 0 Å². The molecule has 0 unspecified atom stereocenters. The Labute approximate surface area is 95.8 Å². The predicted molar refractivity (Wildman–Crippen MR) is 65.3 cm³/mol. The van der Waals surface area contributed by atoms with Gasteiger partial charge in [0, 0.05) is 18.0 Å². The van der Waals surface area contributed by atoms with Gasteiger partial charge < -0.3 is 15.8 Å². The molecule has 16 heavy (non-hydrogen) atoms. The SMILES string of the molecule is CCCOCC(=O)Nc1ccc(N)c(C)c1. The van der Waals surface area contributed by atoms with Crippen LogP contribution >= 0.6 is 0 Å². The van der Waals surface area contributed by atoms with E-state index in [1.807, 2.05) is 19.9 Å². The van der Waals surface area contributed by atoms with Crippen molar-refractivity contribution in [3.8, 4) is 0 Å². The van der Waals surface area contributed by atoms with Gasteiger partial charge in [0.1, 0.15) is 6.61 Å². The van der Waals surface area contributed by atoms with E-state index in [0.29, 0.717) is 6.61 Å². The second-order valence-electron chi connectivity index (χ2n) is 3.67. The summed E-state index contributed by atoms with van der Waals surface area (Å²) in [4.78, 5) is 11.4. The maximum atomic E-state index is 11.4. The molecular formula is C12H18N2O2. The highest BCUT2D eigenvalue weighted by atomic mass is 16.5. The highest BCUT2D eigenvalue weighted by molar-refractivity contribution is 5.92. The summed E-state index contributed by atoms with van der Waals surface area (Å²) < 4.78 is 5.13. The topological polar surface area (TPSA) is 64.3 Å². The average molecular weight is 222 g/mol. The summed E-state index contributed by atoms with van der Waals surface area (Å²) in [6, 6.07) is 5.39. The van der Waals surface area contributed by atoms with Gasteiger partial charge in [-0.25, -0.2) is 0 Å². The van der Waals surface area contributed by atoms with Crippen molar-refractivity contribution in [2.24, 2.45) is 0 Å². The van der Waals surface area contributed by atoms with E-state index in [1.165, 1.54) is 0 Å². The maximum Gasteiger partial charge on any atom is 0.250 e. The number of benzene rings is 1. The van der Waals surface area contributed by atoms with Crippen LogP contribution in [0.2, 0.25) is 0 Å². The minimum atomic E-state index is -0.141. The third kappa shape index (κ3) is 3.90. The molecule has 0 radical (unpaired) electrons. The zero-order chi connectivity index (χ0) is 12.0. The Morgan fingerprint density at radius 3 is 2.88 bits per heavy atom. The Morgan fingerprint density at radius 2 is 2.25 bits per heavy atom. The molecule has 3 N–H and O–H groups in total. The summed E-state index contributed by atoms with van der Waals surface area (Å²) in [5.41, 5.74) is 8.10. The number of nitrogens with two attached hydrogens (primary N) is 1. The van der Waals surface area contributed by atoms with Gasteiger partial charge in [-0.1, -0.05) is 6.92 Å². The molecule has 0 spiro atoms. The Morgan fingerprint density at radius 1 is 1.50 bits per heavy atom. The van der Waals surface area contributed by atoms with Crippen LogP contribution in [0.1, 0.15) is 18.9 Å². The molecule has 88 valence electrons. The van der Waals surface area contributed by atoms with Gasteiger partial charge in [-0.3, -0.25) is 4.79 Å². The number of carbonyl (C=O) groups is 1. The van der Waals surface area contributed by atoms with Crippen molar-refractivity contribution < 1.29 is 9.53 Å². The van der Waals surface area contributed by atoms with Gasteiger partial charge in [-0.2, -0.15) is 0 Å². The largest absolute Gasteiger partial charge is 0.399 e. The van der Waals surface area contributed by atoms with Gasteiger partial charge in [0.15, 0.2) is 0 Å². The van der Waals surface area contributed by atoms with Gasteiger partial charge in [0.05, 0.1) is 0 Å². The molecule has 0 aliphatic heterocycles. The fraction of sp³-hybridized carbons (Fsp3) is 0.417. The molecule has 4 heteroatoms. The van der Waals surface area contributed by atoms with E-state index in [4.69, 9.17) is 10.5 Å². The molecule has 1 aromatic carbocycles. The number of hydrogen-bond donors (Lipinski definition) is 2. The molecular weight excluding hydrogens is 204 g/mol. The van der Waals surface area contributed by atoms with Crippen molar-refractivity contribution in [1.82, 2.24) is 0 Å². The molecule has 0 fully saturated rings. The smallest absolute Gasteiger partial charge is 0.250 e. The van der Waals surface area contributed by atoms with Crippen molar-refractivity contribution in [1.29, 1.82) is 0 Å². The fourth-order valence-electron chi connectivity index (χ4n) is 1.26. The molecule has 1 rings (SSSR count). The quantitative estimate of drug-likeness (QED) is 0.591. The average Bonchev–Trinajstić information content (AvgIpc) is 2.24. The van der Waals surface area contributed by atoms with E-state index < -0.39 is 0 Å². The summed E-state index contributed by atoms with van der Waals surface area (Å²) in [5.74, 6) is -0.141. The van der Waals surface area contributed by atoms with Crippen LogP contribution in [0.5, 0.6) is 0 Å². The van der Waals surface area contributed by atoms with Crippen molar-refractivity contribution in [3.05, 3.63) is 23.8 Å². The molecule has 0 atom stereocenters. The highest BCUT2D eigenvalue weighted by Gasteiger charge is 2.03. The van der Waals surface area contributed by atoms with Crippen LogP contribution in [0.15, 0.2) is 18.2 Å². The van der Waals surface area contributed by atoms with Crippen LogP contribution in [-0.4, -0.2) is 19.1 Å². The number of nitrogen functional groups attached to an aromatic ring is 1. The lowest BCUT2D eigenvalue weighted by atomic mass is 10.2. The maximum absolute atomic E-state index is 11.4. The number of carbonyl (C=O) groups excluding carboxylic acids is 1. The van der Waals surface area contributed by atoms with Crippen LogP contribution < -0.4 is 11.1 Å². The first-order valence-electron chi connectivity index (χ1n) is 5.37.